The normalized spacial score (nSPS) is 10.8. The predicted octanol–water partition coefficient (Wildman–Crippen LogP) is 4.63. The Balaban J connectivity index is 1.40. The molecule has 0 aliphatic rings. The standard InChI is InChI=1S/C26H26N4O2/c1-17-9-12-19(13-10-17)26(32)30-29-24(31)8-5-6-20-21-16-18(2)11-14-22(21)28-25(20)23-7-3-4-15-27-23/h3-4,7,9-16,28H,5-6,8H2,1-2H3,(H,29,31)(H,30,32). The van der Waals surface area contributed by atoms with Crippen molar-refractivity contribution in [2.45, 2.75) is 33.1 Å². The Morgan fingerprint density at radius 2 is 1.72 bits per heavy atom. The van der Waals surface area contributed by atoms with Crippen molar-refractivity contribution in [1.29, 1.82) is 0 Å². The van der Waals surface area contributed by atoms with Gasteiger partial charge in [-0.25, -0.2) is 0 Å². The maximum absolute atomic E-state index is 12.3. The Morgan fingerprint density at radius 3 is 2.47 bits per heavy atom. The fourth-order valence-electron chi connectivity index (χ4n) is 3.74. The molecule has 0 spiro atoms. The van der Waals surface area contributed by atoms with Crippen LogP contribution in [0.4, 0.5) is 0 Å². The Morgan fingerprint density at radius 1 is 0.938 bits per heavy atom. The minimum absolute atomic E-state index is 0.221. The SMILES string of the molecule is Cc1ccc(C(=O)NNC(=O)CCCc2c(-c3ccccn3)[nH]c3ccc(C)cc23)cc1. The van der Waals surface area contributed by atoms with Crippen molar-refractivity contribution in [1.82, 2.24) is 20.8 Å². The molecule has 0 saturated heterocycles. The molecular formula is C26H26N4O2. The number of benzene rings is 2. The van der Waals surface area contributed by atoms with Crippen LogP contribution in [0.3, 0.4) is 0 Å². The molecular weight excluding hydrogens is 400 g/mol. The highest BCUT2D eigenvalue weighted by Gasteiger charge is 2.15. The van der Waals surface area contributed by atoms with Crippen molar-refractivity contribution in [3.63, 3.8) is 0 Å². The molecule has 2 heterocycles. The van der Waals surface area contributed by atoms with E-state index < -0.39 is 0 Å². The summed E-state index contributed by atoms with van der Waals surface area (Å²) >= 11 is 0. The van der Waals surface area contributed by atoms with Gasteiger partial charge in [-0.3, -0.25) is 25.4 Å². The van der Waals surface area contributed by atoms with Gasteiger partial charge in [-0.2, -0.15) is 0 Å². The number of H-pyrrole nitrogens is 1. The summed E-state index contributed by atoms with van der Waals surface area (Å²) in [5, 5.41) is 1.15. The van der Waals surface area contributed by atoms with Gasteiger partial charge >= 0.3 is 0 Å². The summed E-state index contributed by atoms with van der Waals surface area (Å²) in [6, 6.07) is 19.3. The van der Waals surface area contributed by atoms with Gasteiger partial charge in [-0.05, 0) is 68.7 Å². The number of aromatic amines is 1. The molecule has 0 aliphatic heterocycles. The van der Waals surface area contributed by atoms with Crippen molar-refractivity contribution < 1.29 is 9.59 Å². The highest BCUT2D eigenvalue weighted by molar-refractivity contribution is 5.95. The topological polar surface area (TPSA) is 86.9 Å². The second-order valence-corrected chi connectivity index (χ2v) is 7.96. The summed E-state index contributed by atoms with van der Waals surface area (Å²) < 4.78 is 0. The zero-order valence-corrected chi connectivity index (χ0v) is 18.2. The van der Waals surface area contributed by atoms with E-state index >= 15 is 0 Å². The van der Waals surface area contributed by atoms with Crippen LogP contribution >= 0.6 is 0 Å². The molecule has 6 heteroatoms. The van der Waals surface area contributed by atoms with Gasteiger partial charge in [0.05, 0.1) is 11.4 Å². The number of hydrogen-bond donors (Lipinski definition) is 3. The lowest BCUT2D eigenvalue weighted by atomic mass is 10.0. The highest BCUT2D eigenvalue weighted by Crippen LogP contribution is 2.31. The van der Waals surface area contributed by atoms with Gasteiger partial charge in [0.2, 0.25) is 5.91 Å². The quantitative estimate of drug-likeness (QED) is 0.393. The fourth-order valence-corrected chi connectivity index (χ4v) is 3.74. The van der Waals surface area contributed by atoms with E-state index in [0.717, 1.165) is 33.4 Å². The van der Waals surface area contributed by atoms with Gasteiger partial charge in [-0.1, -0.05) is 35.4 Å². The molecule has 0 aliphatic carbocycles. The van der Waals surface area contributed by atoms with E-state index in [1.54, 1.807) is 18.3 Å². The van der Waals surface area contributed by atoms with E-state index in [0.29, 0.717) is 24.8 Å². The first-order chi connectivity index (χ1) is 15.5. The molecule has 32 heavy (non-hydrogen) atoms. The van der Waals surface area contributed by atoms with Crippen LogP contribution in [-0.4, -0.2) is 21.8 Å². The number of pyridine rings is 1. The van der Waals surface area contributed by atoms with Gasteiger partial charge in [0, 0.05) is 29.1 Å². The largest absolute Gasteiger partial charge is 0.353 e. The molecule has 4 aromatic rings. The van der Waals surface area contributed by atoms with Crippen LogP contribution in [0.25, 0.3) is 22.3 Å². The fraction of sp³-hybridized carbons (Fsp3) is 0.192. The second kappa shape index (κ2) is 9.47. The number of nitrogens with one attached hydrogen (secondary N) is 3. The van der Waals surface area contributed by atoms with E-state index in [1.807, 2.05) is 37.3 Å². The number of carbonyl (C=O) groups is 2. The molecule has 2 aromatic heterocycles. The average molecular weight is 427 g/mol. The van der Waals surface area contributed by atoms with Crippen LogP contribution < -0.4 is 10.9 Å². The molecule has 2 amide bonds. The first-order valence-electron chi connectivity index (χ1n) is 10.7. The zero-order valence-electron chi connectivity index (χ0n) is 18.2. The molecule has 6 nitrogen and oxygen atoms in total. The number of aromatic nitrogens is 2. The van der Waals surface area contributed by atoms with E-state index in [2.05, 4.69) is 45.9 Å². The predicted molar refractivity (Wildman–Crippen MR) is 126 cm³/mol. The summed E-state index contributed by atoms with van der Waals surface area (Å²) in [7, 11) is 0. The third-order valence-corrected chi connectivity index (χ3v) is 5.44. The lowest BCUT2D eigenvalue weighted by Gasteiger charge is -2.08. The van der Waals surface area contributed by atoms with Gasteiger partial charge in [-0.15, -0.1) is 0 Å². The van der Waals surface area contributed by atoms with Crippen molar-refractivity contribution in [2.75, 3.05) is 0 Å². The van der Waals surface area contributed by atoms with E-state index in [4.69, 9.17) is 0 Å². The number of aryl methyl sites for hydroxylation is 3. The average Bonchev–Trinajstić information content (AvgIpc) is 3.16. The molecule has 4 rings (SSSR count). The summed E-state index contributed by atoms with van der Waals surface area (Å²) in [6.07, 6.45) is 3.44. The van der Waals surface area contributed by atoms with Gasteiger partial charge in [0.15, 0.2) is 0 Å². The van der Waals surface area contributed by atoms with Crippen molar-refractivity contribution in [3.05, 3.63) is 89.1 Å². The van der Waals surface area contributed by atoms with E-state index in [9.17, 15) is 9.59 Å². The third kappa shape index (κ3) is 4.86. The lowest BCUT2D eigenvalue weighted by molar-refractivity contribution is -0.121. The number of hydrogen-bond acceptors (Lipinski definition) is 3. The summed E-state index contributed by atoms with van der Waals surface area (Å²) in [4.78, 5) is 32.4. The Hall–Kier alpha value is -3.93. The number of amides is 2. The summed E-state index contributed by atoms with van der Waals surface area (Å²) in [5.74, 6) is -0.552. The molecule has 0 radical (unpaired) electrons. The molecule has 162 valence electrons. The summed E-state index contributed by atoms with van der Waals surface area (Å²) in [5.41, 5.74) is 11.8. The van der Waals surface area contributed by atoms with Gasteiger partial charge < -0.3 is 4.98 Å². The van der Waals surface area contributed by atoms with Crippen LogP contribution in [0.2, 0.25) is 0 Å². The first-order valence-corrected chi connectivity index (χ1v) is 10.7. The van der Waals surface area contributed by atoms with Crippen LogP contribution in [0.5, 0.6) is 0 Å². The number of nitrogens with zero attached hydrogens (tertiary/aromatic N) is 1. The third-order valence-electron chi connectivity index (χ3n) is 5.44. The first kappa shape index (κ1) is 21.3. The van der Waals surface area contributed by atoms with Crippen LogP contribution in [-0.2, 0) is 11.2 Å². The zero-order chi connectivity index (χ0) is 22.5. The summed E-state index contributed by atoms with van der Waals surface area (Å²) in [6.45, 7) is 4.03. The van der Waals surface area contributed by atoms with Crippen molar-refractivity contribution >= 4 is 22.7 Å². The van der Waals surface area contributed by atoms with Crippen molar-refractivity contribution in [3.8, 4) is 11.4 Å². The highest BCUT2D eigenvalue weighted by atomic mass is 16.2. The Labute approximate surface area is 187 Å². The minimum atomic E-state index is -0.331. The van der Waals surface area contributed by atoms with Gasteiger partial charge in [0.25, 0.3) is 5.91 Å². The lowest BCUT2D eigenvalue weighted by Crippen LogP contribution is -2.41. The van der Waals surface area contributed by atoms with Crippen LogP contribution in [0.15, 0.2) is 66.9 Å². The Bertz CT molecular complexity index is 1240. The van der Waals surface area contributed by atoms with Crippen LogP contribution in [0.1, 0.15) is 39.9 Å². The minimum Gasteiger partial charge on any atom is -0.353 e. The maximum Gasteiger partial charge on any atom is 0.269 e. The second-order valence-electron chi connectivity index (χ2n) is 7.96. The van der Waals surface area contributed by atoms with Crippen molar-refractivity contribution in [2.24, 2.45) is 0 Å². The maximum atomic E-state index is 12.3. The molecule has 3 N–H and O–H groups in total. The molecule has 0 atom stereocenters. The number of carbonyl (C=O) groups excluding carboxylic acids is 2. The molecule has 0 bridgehead atoms. The smallest absolute Gasteiger partial charge is 0.269 e. The molecule has 2 aromatic carbocycles. The number of hydrazine groups is 1. The molecule has 0 saturated carbocycles. The number of rotatable bonds is 6. The van der Waals surface area contributed by atoms with E-state index in [-0.39, 0.29) is 11.8 Å². The number of fused-ring (bicyclic) bond motifs is 1. The molecule has 0 fully saturated rings. The Kier molecular flexibility index (Phi) is 6.31. The monoisotopic (exact) mass is 426 g/mol. The van der Waals surface area contributed by atoms with Crippen LogP contribution in [0, 0.1) is 13.8 Å². The molecule has 0 unspecified atom stereocenters. The van der Waals surface area contributed by atoms with E-state index in [1.165, 1.54) is 5.56 Å². The van der Waals surface area contributed by atoms with Gasteiger partial charge in [0.1, 0.15) is 0 Å².